The second-order valence-corrected chi connectivity index (χ2v) is 10.9. The fourth-order valence-corrected chi connectivity index (χ4v) is 6.92. The molecule has 5 rings (SSSR count). The minimum absolute atomic E-state index is 0.0316. The van der Waals surface area contributed by atoms with Gasteiger partial charge in [0.2, 0.25) is 10.0 Å². The first-order chi connectivity index (χ1) is 13.0. The normalized spacial score (nSPS) is 27.1. The summed E-state index contributed by atoms with van der Waals surface area (Å²) in [5.41, 5.74) is -0.778. The van der Waals surface area contributed by atoms with E-state index in [4.69, 9.17) is 4.74 Å². The standard InChI is InChI=1S/C18H22F3N3O3S/c1-12-14(2-3-15(22-12)18(19,20)21)28(25,26)24-8-16(9-24)4-13(5-16)23-6-17(7-23)10-27-11-17/h2-3,13H,4-11H2,1H3. The van der Waals surface area contributed by atoms with E-state index in [-0.39, 0.29) is 16.0 Å². The number of sulfonamides is 1. The van der Waals surface area contributed by atoms with Crippen LogP contribution in [0.25, 0.3) is 0 Å². The topological polar surface area (TPSA) is 62.7 Å². The quantitative estimate of drug-likeness (QED) is 0.752. The summed E-state index contributed by atoms with van der Waals surface area (Å²) in [5, 5.41) is 0. The number of likely N-dealkylation sites (tertiary alicyclic amines) is 1. The highest BCUT2D eigenvalue weighted by atomic mass is 32.2. The second kappa shape index (κ2) is 5.68. The summed E-state index contributed by atoms with van der Waals surface area (Å²) < 4.78 is 70.6. The first-order valence-electron chi connectivity index (χ1n) is 9.39. The number of pyridine rings is 1. The average molecular weight is 417 g/mol. The molecule has 4 heterocycles. The van der Waals surface area contributed by atoms with Gasteiger partial charge in [-0.1, -0.05) is 0 Å². The molecule has 154 valence electrons. The van der Waals surface area contributed by atoms with E-state index in [2.05, 4.69) is 9.88 Å². The molecule has 1 aliphatic carbocycles. The third-order valence-corrected chi connectivity index (χ3v) is 8.64. The van der Waals surface area contributed by atoms with Crippen molar-refractivity contribution in [2.45, 2.75) is 36.9 Å². The van der Waals surface area contributed by atoms with E-state index in [1.54, 1.807) is 0 Å². The Morgan fingerprint density at radius 3 is 2.25 bits per heavy atom. The van der Waals surface area contributed by atoms with Gasteiger partial charge in [-0.2, -0.15) is 17.5 Å². The van der Waals surface area contributed by atoms with Crippen molar-refractivity contribution in [2.75, 3.05) is 39.4 Å². The zero-order valence-corrected chi connectivity index (χ0v) is 16.3. The maximum atomic E-state index is 12.8. The van der Waals surface area contributed by atoms with Crippen molar-refractivity contribution in [3.63, 3.8) is 0 Å². The van der Waals surface area contributed by atoms with Gasteiger partial charge in [-0.15, -0.1) is 0 Å². The monoisotopic (exact) mass is 417 g/mol. The highest BCUT2D eigenvalue weighted by Crippen LogP contribution is 2.54. The predicted molar refractivity (Wildman–Crippen MR) is 93.0 cm³/mol. The molecule has 4 fully saturated rings. The molecule has 2 spiro atoms. The van der Waals surface area contributed by atoms with Gasteiger partial charge in [0.05, 0.1) is 18.9 Å². The molecule has 0 aromatic carbocycles. The molecule has 3 aliphatic heterocycles. The minimum atomic E-state index is -4.59. The number of aryl methyl sites for hydroxylation is 1. The largest absolute Gasteiger partial charge is 0.433 e. The Bertz CT molecular complexity index is 908. The highest BCUT2D eigenvalue weighted by molar-refractivity contribution is 7.89. The van der Waals surface area contributed by atoms with Crippen LogP contribution in [0.4, 0.5) is 13.2 Å². The number of hydrogen-bond acceptors (Lipinski definition) is 5. The van der Waals surface area contributed by atoms with Crippen molar-refractivity contribution >= 4 is 10.0 Å². The zero-order chi connectivity index (χ0) is 19.9. The van der Waals surface area contributed by atoms with Crippen LogP contribution in [0.5, 0.6) is 0 Å². The van der Waals surface area contributed by atoms with Crippen molar-refractivity contribution in [3.8, 4) is 0 Å². The lowest BCUT2D eigenvalue weighted by molar-refractivity contribution is -0.219. The number of alkyl halides is 3. The number of aromatic nitrogens is 1. The molecule has 0 N–H and O–H groups in total. The van der Waals surface area contributed by atoms with Crippen molar-refractivity contribution < 1.29 is 26.3 Å². The SMILES string of the molecule is Cc1nc(C(F)(F)F)ccc1S(=O)(=O)N1CC2(CC(N3CC4(COC4)C3)C2)C1. The van der Waals surface area contributed by atoms with Crippen LogP contribution in [-0.2, 0) is 20.9 Å². The molecule has 3 saturated heterocycles. The predicted octanol–water partition coefficient (Wildman–Crippen LogP) is 1.89. The summed E-state index contributed by atoms with van der Waals surface area (Å²) in [4.78, 5) is 5.78. The number of nitrogens with zero attached hydrogens (tertiary/aromatic N) is 3. The summed E-state index contributed by atoms with van der Waals surface area (Å²) >= 11 is 0. The molecule has 6 nitrogen and oxygen atoms in total. The van der Waals surface area contributed by atoms with E-state index < -0.39 is 21.9 Å². The van der Waals surface area contributed by atoms with E-state index in [0.29, 0.717) is 24.5 Å². The molecule has 1 saturated carbocycles. The Balaban J connectivity index is 1.20. The average Bonchev–Trinajstić information content (AvgIpc) is 2.42. The van der Waals surface area contributed by atoms with E-state index in [1.807, 2.05) is 0 Å². The van der Waals surface area contributed by atoms with Crippen molar-refractivity contribution in [1.29, 1.82) is 0 Å². The van der Waals surface area contributed by atoms with E-state index in [1.165, 1.54) is 11.2 Å². The van der Waals surface area contributed by atoms with Crippen LogP contribution >= 0.6 is 0 Å². The van der Waals surface area contributed by atoms with Gasteiger partial charge in [0, 0.05) is 43.1 Å². The first kappa shape index (κ1) is 18.8. The molecule has 0 atom stereocenters. The lowest BCUT2D eigenvalue weighted by atomic mass is 9.59. The molecular weight excluding hydrogens is 395 g/mol. The third-order valence-electron chi connectivity index (χ3n) is 6.72. The zero-order valence-electron chi connectivity index (χ0n) is 15.5. The van der Waals surface area contributed by atoms with Crippen molar-refractivity contribution in [2.24, 2.45) is 10.8 Å². The minimum Gasteiger partial charge on any atom is -0.380 e. The van der Waals surface area contributed by atoms with Crippen molar-refractivity contribution in [1.82, 2.24) is 14.2 Å². The van der Waals surface area contributed by atoms with E-state index >= 15 is 0 Å². The Morgan fingerprint density at radius 1 is 1.11 bits per heavy atom. The van der Waals surface area contributed by atoms with Gasteiger partial charge < -0.3 is 4.74 Å². The maximum absolute atomic E-state index is 12.8. The molecule has 0 radical (unpaired) electrons. The highest BCUT2D eigenvalue weighted by Gasteiger charge is 2.60. The molecular formula is C18H22F3N3O3S. The van der Waals surface area contributed by atoms with Crippen LogP contribution in [0.3, 0.4) is 0 Å². The summed E-state index contributed by atoms with van der Waals surface area (Å²) in [6.07, 6.45) is -2.61. The fraction of sp³-hybridized carbons (Fsp3) is 0.722. The Labute approximate surface area is 161 Å². The summed E-state index contributed by atoms with van der Waals surface area (Å²) in [5.74, 6) is 0. The number of ether oxygens (including phenoxy) is 1. The van der Waals surface area contributed by atoms with E-state index in [0.717, 1.165) is 51.3 Å². The van der Waals surface area contributed by atoms with Crippen molar-refractivity contribution in [3.05, 3.63) is 23.5 Å². The summed E-state index contributed by atoms with van der Waals surface area (Å²) in [6.45, 7) is 6.05. The maximum Gasteiger partial charge on any atom is 0.433 e. The molecule has 10 heteroatoms. The van der Waals surface area contributed by atoms with Gasteiger partial charge in [-0.25, -0.2) is 13.4 Å². The summed E-state index contributed by atoms with van der Waals surface area (Å²) in [6, 6.07) is 2.28. The van der Waals surface area contributed by atoms with Crippen LogP contribution in [0.1, 0.15) is 24.2 Å². The van der Waals surface area contributed by atoms with Crippen LogP contribution in [0, 0.1) is 17.8 Å². The van der Waals surface area contributed by atoms with Gasteiger partial charge in [0.1, 0.15) is 10.6 Å². The number of rotatable bonds is 3. The molecule has 4 aliphatic rings. The van der Waals surface area contributed by atoms with Gasteiger partial charge >= 0.3 is 6.18 Å². The Morgan fingerprint density at radius 2 is 1.75 bits per heavy atom. The fourth-order valence-electron chi connectivity index (χ4n) is 5.09. The molecule has 0 bridgehead atoms. The smallest absolute Gasteiger partial charge is 0.380 e. The number of halogens is 3. The van der Waals surface area contributed by atoms with Crippen LogP contribution in [0.2, 0.25) is 0 Å². The Hall–Kier alpha value is -1.23. The summed E-state index contributed by atoms with van der Waals surface area (Å²) in [7, 11) is -3.81. The van der Waals surface area contributed by atoms with E-state index in [9.17, 15) is 21.6 Å². The molecule has 28 heavy (non-hydrogen) atoms. The van der Waals surface area contributed by atoms with Gasteiger partial charge in [-0.05, 0) is 31.9 Å². The lowest BCUT2D eigenvalue weighted by Crippen LogP contribution is -2.74. The molecule has 0 unspecified atom stereocenters. The molecule has 1 aromatic heterocycles. The third kappa shape index (κ3) is 2.72. The molecule has 1 aromatic rings. The van der Waals surface area contributed by atoms with Gasteiger partial charge in [0.15, 0.2) is 0 Å². The molecule has 0 amide bonds. The van der Waals surface area contributed by atoms with Crippen LogP contribution < -0.4 is 0 Å². The lowest BCUT2D eigenvalue weighted by Gasteiger charge is -2.65. The second-order valence-electron chi connectivity index (χ2n) is 9.01. The first-order valence-corrected chi connectivity index (χ1v) is 10.8. The van der Waals surface area contributed by atoms with Crippen LogP contribution in [0.15, 0.2) is 17.0 Å². The number of hydrogen-bond donors (Lipinski definition) is 0. The van der Waals surface area contributed by atoms with Gasteiger partial charge in [-0.3, -0.25) is 4.90 Å². The van der Waals surface area contributed by atoms with Crippen LogP contribution in [-0.4, -0.2) is 68.0 Å². The van der Waals surface area contributed by atoms with Gasteiger partial charge in [0.25, 0.3) is 0 Å². The Kier molecular flexibility index (Phi) is 3.81.